The van der Waals surface area contributed by atoms with Crippen LogP contribution in [0.4, 0.5) is 0 Å². The molecule has 1 saturated heterocycles. The van der Waals surface area contributed by atoms with Gasteiger partial charge in [-0.3, -0.25) is 0 Å². The van der Waals surface area contributed by atoms with Crippen molar-refractivity contribution >= 4 is 10.5 Å². The van der Waals surface area contributed by atoms with Gasteiger partial charge in [0, 0.05) is 6.61 Å². The van der Waals surface area contributed by atoms with Crippen LogP contribution in [-0.4, -0.2) is 28.8 Å². The van der Waals surface area contributed by atoms with Gasteiger partial charge in [0.15, 0.2) is 0 Å². The van der Waals surface area contributed by atoms with Crippen LogP contribution in [0.25, 0.3) is 0 Å². The molecule has 1 atom stereocenters. The first kappa shape index (κ1) is 12.2. The van der Waals surface area contributed by atoms with E-state index in [1.165, 1.54) is 12.8 Å². The number of hydrogen-bond donors (Lipinski definition) is 0. The minimum Gasteiger partial charge on any atom is -0.419 e. The fourth-order valence-corrected chi connectivity index (χ4v) is 4.15. The van der Waals surface area contributed by atoms with Gasteiger partial charge in [-0.25, -0.2) is 0 Å². The van der Waals surface area contributed by atoms with Gasteiger partial charge in [0.05, 0.1) is 11.7 Å². The molecule has 1 aliphatic heterocycles. The second kappa shape index (κ2) is 4.77. The molecule has 0 amide bonds. The first-order chi connectivity index (χ1) is 6.55. The van der Waals surface area contributed by atoms with E-state index in [1.54, 1.807) is 0 Å². The maximum atomic E-state index is 5.96. The van der Waals surface area contributed by atoms with E-state index in [4.69, 9.17) is 9.16 Å². The molecule has 1 fully saturated rings. The van der Waals surface area contributed by atoms with Crippen LogP contribution in [0.15, 0.2) is 0 Å². The fraction of sp³-hybridized carbons (Fsp3) is 1.00. The Hall–Kier alpha value is 0.137. The summed E-state index contributed by atoms with van der Waals surface area (Å²) in [6.45, 7) is 9.91. The lowest BCUT2D eigenvalue weighted by atomic mass is 9.75. The zero-order valence-electron chi connectivity index (χ0n) is 10.2. The van der Waals surface area contributed by atoms with Crippen LogP contribution in [0.5, 0.6) is 0 Å². The van der Waals surface area contributed by atoms with E-state index >= 15 is 0 Å². The van der Waals surface area contributed by atoms with Gasteiger partial charge in [-0.1, -0.05) is 27.7 Å². The quantitative estimate of drug-likeness (QED) is 0.663. The lowest BCUT2D eigenvalue weighted by Gasteiger charge is -2.44. The molecule has 0 aromatic heterocycles. The molecule has 1 rings (SSSR count). The molecule has 0 aromatic rings. The van der Waals surface area contributed by atoms with Gasteiger partial charge < -0.3 is 9.16 Å². The van der Waals surface area contributed by atoms with E-state index in [0.29, 0.717) is 17.9 Å². The largest absolute Gasteiger partial charge is 0.419 e. The van der Waals surface area contributed by atoms with Crippen molar-refractivity contribution < 1.29 is 9.16 Å². The van der Waals surface area contributed by atoms with Crippen molar-refractivity contribution in [2.45, 2.75) is 52.2 Å². The van der Waals surface area contributed by atoms with Crippen LogP contribution in [0, 0.1) is 11.8 Å². The topological polar surface area (TPSA) is 18.5 Å². The Labute approximate surface area is 90.9 Å². The molecule has 2 nitrogen and oxygen atoms in total. The van der Waals surface area contributed by atoms with Crippen molar-refractivity contribution in [3.8, 4) is 0 Å². The summed E-state index contributed by atoms with van der Waals surface area (Å²) >= 11 is 0. The van der Waals surface area contributed by atoms with Crippen LogP contribution in [0.1, 0.15) is 40.5 Å². The van der Waals surface area contributed by atoms with E-state index in [-0.39, 0.29) is 5.60 Å². The molecule has 0 spiro atoms. The third-order valence-corrected chi connectivity index (χ3v) is 4.30. The molecule has 84 valence electrons. The smallest absolute Gasteiger partial charge is 0.146 e. The van der Waals surface area contributed by atoms with Crippen molar-refractivity contribution in [3.63, 3.8) is 0 Å². The number of ether oxygens (including phenoxy) is 1. The maximum Gasteiger partial charge on any atom is 0.146 e. The molecule has 0 aliphatic carbocycles. The second-order valence-electron chi connectivity index (χ2n) is 4.87. The van der Waals surface area contributed by atoms with Crippen molar-refractivity contribution in [3.05, 3.63) is 0 Å². The Bertz CT molecular complexity index is 166. The predicted molar refractivity (Wildman–Crippen MR) is 62.4 cm³/mol. The van der Waals surface area contributed by atoms with Gasteiger partial charge in [-0.2, -0.15) is 0 Å². The van der Waals surface area contributed by atoms with E-state index in [1.807, 2.05) is 0 Å². The highest BCUT2D eigenvalue weighted by molar-refractivity contribution is 5.98. The molecule has 14 heavy (non-hydrogen) atoms. The lowest BCUT2D eigenvalue weighted by molar-refractivity contribution is -0.119. The van der Waals surface area contributed by atoms with Gasteiger partial charge in [-0.05, 0) is 24.7 Å². The molecule has 1 unspecified atom stereocenters. The molecule has 3 heteroatoms. The van der Waals surface area contributed by atoms with E-state index in [0.717, 1.165) is 17.1 Å². The molecule has 1 heterocycles. The van der Waals surface area contributed by atoms with Gasteiger partial charge in [0.2, 0.25) is 0 Å². The summed E-state index contributed by atoms with van der Waals surface area (Å²) in [5, 5.41) is 0. The van der Waals surface area contributed by atoms with Crippen LogP contribution in [0.2, 0.25) is 0 Å². The van der Waals surface area contributed by atoms with Gasteiger partial charge >= 0.3 is 0 Å². The second-order valence-corrected chi connectivity index (χ2v) is 5.28. The molecule has 0 N–H and O–H groups in total. The average molecular weight is 216 g/mol. The summed E-state index contributed by atoms with van der Waals surface area (Å²) in [7, 11) is 0.797. The number of hydrogen-bond acceptors (Lipinski definition) is 2. The monoisotopic (exact) mass is 216 g/mol. The minimum atomic E-state index is -0.0390. The van der Waals surface area contributed by atoms with E-state index in [9.17, 15) is 0 Å². The Balaban J connectivity index is 2.87. The van der Waals surface area contributed by atoms with Crippen molar-refractivity contribution in [2.75, 3.05) is 6.61 Å². The Morgan fingerprint density at radius 3 is 2.14 bits per heavy atom. The molecular weight excluding hydrogens is 192 g/mol. The zero-order valence-corrected chi connectivity index (χ0v) is 12.2. The van der Waals surface area contributed by atoms with Gasteiger partial charge in [-0.15, -0.1) is 0 Å². The average Bonchev–Trinajstić information content (AvgIpc) is 2.58. The van der Waals surface area contributed by atoms with Crippen LogP contribution in [-0.2, 0) is 9.16 Å². The summed E-state index contributed by atoms with van der Waals surface area (Å²) in [6, 6.07) is 0. The zero-order chi connectivity index (χ0) is 10.8. The summed E-state index contributed by atoms with van der Waals surface area (Å²) in [5.74, 6) is 1.06. The highest BCUT2D eigenvalue weighted by Crippen LogP contribution is 2.38. The molecule has 0 aromatic carbocycles. The molecular formula is C11H24O2Si. The van der Waals surface area contributed by atoms with Crippen LogP contribution in [0.3, 0.4) is 0 Å². The van der Waals surface area contributed by atoms with Gasteiger partial charge in [0.1, 0.15) is 10.5 Å². The van der Waals surface area contributed by atoms with Crippen LogP contribution >= 0.6 is 0 Å². The molecule has 1 aliphatic rings. The molecule has 0 bridgehead atoms. The predicted octanol–water partition coefficient (Wildman–Crippen LogP) is 1.51. The van der Waals surface area contributed by atoms with Crippen molar-refractivity contribution in [1.29, 1.82) is 0 Å². The highest BCUT2D eigenvalue weighted by Gasteiger charge is 2.46. The Kier molecular flexibility index (Phi) is 4.16. The van der Waals surface area contributed by atoms with Crippen LogP contribution < -0.4 is 0 Å². The SMILES string of the molecule is CC(C)C(O[SiH3])(C(C)C)C1CCCO1. The van der Waals surface area contributed by atoms with Gasteiger partial charge in [0.25, 0.3) is 0 Å². The minimum absolute atomic E-state index is 0.0390. The first-order valence-electron chi connectivity index (χ1n) is 5.72. The summed E-state index contributed by atoms with van der Waals surface area (Å²) in [4.78, 5) is 0. The molecule has 0 radical (unpaired) electrons. The standard InChI is InChI=1S/C11H24O2Si/c1-8(2)11(13-14,9(3)4)10-6-5-7-12-10/h8-10H,5-7H2,1-4,14H3. The van der Waals surface area contributed by atoms with Crippen molar-refractivity contribution in [2.24, 2.45) is 11.8 Å². The number of rotatable bonds is 4. The third-order valence-electron chi connectivity index (χ3n) is 3.59. The summed E-state index contributed by atoms with van der Waals surface area (Å²) in [6.07, 6.45) is 2.68. The Morgan fingerprint density at radius 1 is 1.29 bits per heavy atom. The fourth-order valence-electron chi connectivity index (χ4n) is 2.95. The van der Waals surface area contributed by atoms with E-state index in [2.05, 4.69) is 27.7 Å². The lowest BCUT2D eigenvalue weighted by Crippen LogP contribution is -2.53. The van der Waals surface area contributed by atoms with E-state index < -0.39 is 0 Å². The maximum absolute atomic E-state index is 5.96. The third kappa shape index (κ3) is 1.90. The summed E-state index contributed by atoms with van der Waals surface area (Å²) in [5.41, 5.74) is -0.0390. The first-order valence-corrected chi connectivity index (χ1v) is 6.54. The highest BCUT2D eigenvalue weighted by atomic mass is 28.2. The van der Waals surface area contributed by atoms with Crippen molar-refractivity contribution in [1.82, 2.24) is 0 Å². The summed E-state index contributed by atoms with van der Waals surface area (Å²) < 4.78 is 11.8. The normalized spacial score (nSPS) is 24.0. The Morgan fingerprint density at radius 2 is 1.86 bits per heavy atom. The molecule has 0 saturated carbocycles.